The largest absolute Gasteiger partial charge is 0.368 e. The molecule has 19 heavy (non-hydrogen) atoms. The zero-order valence-corrected chi connectivity index (χ0v) is 11.1. The third kappa shape index (κ3) is 2.96. The highest BCUT2D eigenvalue weighted by molar-refractivity contribution is 5.78. The Morgan fingerprint density at radius 3 is 2.47 bits per heavy atom. The number of rotatable bonds is 3. The van der Waals surface area contributed by atoms with Gasteiger partial charge in [0, 0.05) is 13.1 Å². The Bertz CT molecular complexity index is 430. The molecule has 102 valence electrons. The molecule has 0 atom stereocenters. The Kier molecular flexibility index (Phi) is 3.80. The Hall–Kier alpha value is -1.39. The molecule has 0 bridgehead atoms. The van der Waals surface area contributed by atoms with Crippen LogP contribution in [0.2, 0.25) is 0 Å². The summed E-state index contributed by atoms with van der Waals surface area (Å²) in [5.74, 6) is 0.106. The Morgan fingerprint density at radius 2 is 1.84 bits per heavy atom. The van der Waals surface area contributed by atoms with Crippen LogP contribution in [-0.4, -0.2) is 36.6 Å². The molecule has 3 rings (SSSR count). The van der Waals surface area contributed by atoms with Gasteiger partial charge in [0.05, 0.1) is 6.10 Å². The number of piperidine rings is 1. The number of nitrogens with zero attached hydrogens (tertiary/aromatic N) is 1. The van der Waals surface area contributed by atoms with E-state index in [1.54, 1.807) is 0 Å². The Morgan fingerprint density at radius 1 is 1.21 bits per heavy atom. The van der Waals surface area contributed by atoms with Gasteiger partial charge in [-0.05, 0) is 37.1 Å². The van der Waals surface area contributed by atoms with Gasteiger partial charge >= 0.3 is 0 Å². The highest BCUT2D eigenvalue weighted by atomic mass is 16.5. The van der Waals surface area contributed by atoms with Crippen LogP contribution in [-0.2, 0) is 22.6 Å². The van der Waals surface area contributed by atoms with E-state index in [0.717, 1.165) is 39.0 Å². The fraction of sp³-hybridized carbons (Fsp3) is 0.533. The second-order valence-electron chi connectivity index (χ2n) is 5.28. The topological polar surface area (TPSA) is 41.6 Å². The number of hydrogen-bond donors (Lipinski definition) is 1. The molecule has 1 amide bonds. The first kappa shape index (κ1) is 12.6. The van der Waals surface area contributed by atoms with Gasteiger partial charge in [-0.1, -0.05) is 24.3 Å². The van der Waals surface area contributed by atoms with Crippen LogP contribution < -0.4 is 5.32 Å². The van der Waals surface area contributed by atoms with Crippen molar-refractivity contribution in [3.63, 3.8) is 0 Å². The second-order valence-corrected chi connectivity index (χ2v) is 5.28. The number of hydrogen-bond acceptors (Lipinski definition) is 3. The molecule has 0 unspecified atom stereocenters. The van der Waals surface area contributed by atoms with E-state index in [1.165, 1.54) is 11.1 Å². The third-order valence-electron chi connectivity index (χ3n) is 3.92. The lowest BCUT2D eigenvalue weighted by Crippen LogP contribution is -2.36. The van der Waals surface area contributed by atoms with Crippen LogP contribution in [0.4, 0.5) is 0 Å². The molecular formula is C15H20N2O2. The smallest absolute Gasteiger partial charge is 0.249 e. The number of carbonyl (C=O) groups excluding carboxylic acids is 1. The minimum absolute atomic E-state index is 0.106. The zero-order valence-electron chi connectivity index (χ0n) is 11.1. The van der Waals surface area contributed by atoms with Crippen molar-refractivity contribution in [3.05, 3.63) is 35.4 Å². The van der Waals surface area contributed by atoms with Gasteiger partial charge in [-0.3, -0.25) is 4.79 Å². The number of benzene rings is 1. The fourth-order valence-corrected chi connectivity index (χ4v) is 2.75. The molecule has 1 saturated heterocycles. The lowest BCUT2D eigenvalue weighted by molar-refractivity contribution is -0.139. The van der Waals surface area contributed by atoms with E-state index in [9.17, 15) is 4.79 Å². The first-order valence-corrected chi connectivity index (χ1v) is 7.00. The van der Waals surface area contributed by atoms with Gasteiger partial charge in [-0.25, -0.2) is 0 Å². The predicted molar refractivity (Wildman–Crippen MR) is 72.5 cm³/mol. The Balaban J connectivity index is 1.49. The van der Waals surface area contributed by atoms with Crippen molar-refractivity contribution >= 4 is 5.91 Å². The summed E-state index contributed by atoms with van der Waals surface area (Å²) in [6, 6.07) is 8.24. The maximum Gasteiger partial charge on any atom is 0.249 e. The lowest BCUT2D eigenvalue weighted by Gasteiger charge is -2.24. The van der Waals surface area contributed by atoms with Crippen LogP contribution in [0, 0.1) is 0 Å². The van der Waals surface area contributed by atoms with Crippen LogP contribution in [0.5, 0.6) is 0 Å². The average Bonchev–Trinajstić information content (AvgIpc) is 2.90. The van der Waals surface area contributed by atoms with Gasteiger partial charge in [0.1, 0.15) is 6.61 Å². The molecular weight excluding hydrogens is 240 g/mol. The highest BCUT2D eigenvalue weighted by Gasteiger charge is 2.24. The quantitative estimate of drug-likeness (QED) is 0.890. The molecule has 1 N–H and O–H groups in total. The van der Waals surface area contributed by atoms with E-state index in [2.05, 4.69) is 17.4 Å². The van der Waals surface area contributed by atoms with Crippen molar-refractivity contribution in [2.24, 2.45) is 0 Å². The first-order valence-electron chi connectivity index (χ1n) is 7.00. The van der Waals surface area contributed by atoms with Crippen LogP contribution in [0.15, 0.2) is 24.3 Å². The van der Waals surface area contributed by atoms with Crippen LogP contribution in [0.25, 0.3) is 0 Å². The van der Waals surface area contributed by atoms with E-state index in [4.69, 9.17) is 4.74 Å². The number of amides is 1. The standard InChI is InChI=1S/C15H20N2O2/c18-15(11-19-14-5-7-16-8-6-14)17-9-12-3-1-2-4-13(12)10-17/h1-4,14,16H,5-11H2. The van der Waals surface area contributed by atoms with Crippen LogP contribution in [0.1, 0.15) is 24.0 Å². The van der Waals surface area contributed by atoms with Crippen molar-refractivity contribution in [3.8, 4) is 0 Å². The number of nitrogens with one attached hydrogen (secondary N) is 1. The number of carbonyl (C=O) groups is 1. The van der Waals surface area contributed by atoms with Crippen molar-refractivity contribution < 1.29 is 9.53 Å². The molecule has 0 aromatic heterocycles. The van der Waals surface area contributed by atoms with E-state index in [-0.39, 0.29) is 18.6 Å². The van der Waals surface area contributed by atoms with Gasteiger partial charge in [0.25, 0.3) is 0 Å². The summed E-state index contributed by atoms with van der Waals surface area (Å²) in [5, 5.41) is 3.29. The van der Waals surface area contributed by atoms with Gasteiger partial charge in [0.15, 0.2) is 0 Å². The van der Waals surface area contributed by atoms with Gasteiger partial charge < -0.3 is 15.0 Å². The second kappa shape index (κ2) is 5.72. The van der Waals surface area contributed by atoms with Crippen LogP contribution in [0.3, 0.4) is 0 Å². The van der Waals surface area contributed by atoms with Gasteiger partial charge in [-0.15, -0.1) is 0 Å². The molecule has 2 aliphatic rings. The molecule has 1 fully saturated rings. The number of ether oxygens (including phenoxy) is 1. The van der Waals surface area contributed by atoms with Gasteiger partial charge in [0.2, 0.25) is 5.91 Å². The monoisotopic (exact) mass is 260 g/mol. The zero-order chi connectivity index (χ0) is 13.1. The predicted octanol–water partition coefficient (Wildman–Crippen LogP) is 1.30. The fourth-order valence-electron chi connectivity index (χ4n) is 2.75. The van der Waals surface area contributed by atoms with Crippen LogP contribution >= 0.6 is 0 Å². The summed E-state index contributed by atoms with van der Waals surface area (Å²) in [5.41, 5.74) is 2.52. The summed E-state index contributed by atoms with van der Waals surface area (Å²) in [4.78, 5) is 14.0. The average molecular weight is 260 g/mol. The molecule has 4 heteroatoms. The highest BCUT2D eigenvalue weighted by Crippen LogP contribution is 2.22. The molecule has 2 heterocycles. The molecule has 0 spiro atoms. The van der Waals surface area contributed by atoms with E-state index >= 15 is 0 Å². The minimum Gasteiger partial charge on any atom is -0.368 e. The van der Waals surface area contributed by atoms with E-state index in [1.807, 2.05) is 17.0 Å². The minimum atomic E-state index is 0.106. The van der Waals surface area contributed by atoms with Gasteiger partial charge in [-0.2, -0.15) is 0 Å². The maximum atomic E-state index is 12.1. The van der Waals surface area contributed by atoms with E-state index in [0.29, 0.717) is 0 Å². The van der Waals surface area contributed by atoms with Crippen molar-refractivity contribution in [1.29, 1.82) is 0 Å². The van der Waals surface area contributed by atoms with Crippen molar-refractivity contribution in [1.82, 2.24) is 10.2 Å². The third-order valence-corrected chi connectivity index (χ3v) is 3.92. The molecule has 0 aliphatic carbocycles. The molecule has 1 aromatic carbocycles. The SMILES string of the molecule is O=C(COC1CCNCC1)N1Cc2ccccc2C1. The molecule has 1 aromatic rings. The Labute approximate surface area is 113 Å². The van der Waals surface area contributed by atoms with E-state index < -0.39 is 0 Å². The first-order chi connectivity index (χ1) is 9.33. The van der Waals surface area contributed by atoms with Crippen molar-refractivity contribution in [2.45, 2.75) is 32.0 Å². The van der Waals surface area contributed by atoms with Crippen molar-refractivity contribution in [2.75, 3.05) is 19.7 Å². The maximum absolute atomic E-state index is 12.1. The summed E-state index contributed by atoms with van der Waals surface area (Å²) in [6.07, 6.45) is 2.26. The molecule has 4 nitrogen and oxygen atoms in total. The molecule has 2 aliphatic heterocycles. The normalized spacial score (nSPS) is 19.5. The summed E-state index contributed by atoms with van der Waals surface area (Å²) < 4.78 is 5.72. The summed E-state index contributed by atoms with van der Waals surface area (Å²) in [6.45, 7) is 3.66. The molecule has 0 saturated carbocycles. The number of fused-ring (bicyclic) bond motifs is 1. The summed E-state index contributed by atoms with van der Waals surface area (Å²) >= 11 is 0. The molecule has 0 radical (unpaired) electrons. The lowest BCUT2D eigenvalue weighted by atomic mass is 10.1. The summed E-state index contributed by atoms with van der Waals surface area (Å²) in [7, 11) is 0.